The molecule has 0 radical (unpaired) electrons. The van der Waals surface area contributed by atoms with Gasteiger partial charge in [0.05, 0.1) is 30.7 Å². The van der Waals surface area contributed by atoms with Crippen LogP contribution in [0.1, 0.15) is 28.8 Å². The molecule has 0 bridgehead atoms. The van der Waals surface area contributed by atoms with Crippen LogP contribution in [0.2, 0.25) is 0 Å². The van der Waals surface area contributed by atoms with Crippen molar-refractivity contribution < 1.29 is 24.3 Å². The minimum Gasteiger partial charge on any atom is -0.494 e. The van der Waals surface area contributed by atoms with Gasteiger partial charge in [0, 0.05) is 25.1 Å². The minimum atomic E-state index is -0.551. The van der Waals surface area contributed by atoms with Crippen LogP contribution in [-0.4, -0.2) is 55.4 Å². The van der Waals surface area contributed by atoms with Crippen molar-refractivity contribution >= 4 is 44.2 Å². The van der Waals surface area contributed by atoms with Crippen molar-refractivity contribution in [2.45, 2.75) is 19.3 Å². The number of aromatic nitrogens is 1. The zero-order valence-electron chi connectivity index (χ0n) is 18.3. The second-order valence-electron chi connectivity index (χ2n) is 7.62. The summed E-state index contributed by atoms with van der Waals surface area (Å²) in [4.78, 5) is 30.8. The fraction of sp³-hybridized carbons (Fsp3) is 0.348. The first-order chi connectivity index (χ1) is 16.1. The van der Waals surface area contributed by atoms with Gasteiger partial charge in [0.1, 0.15) is 11.3 Å². The third kappa shape index (κ3) is 5.41. The Bertz CT molecular complexity index is 1130. The number of carbonyl (C=O) groups excluding carboxylic acids is 2. The number of nitrogens with zero attached hydrogens (tertiary/aromatic N) is 2. The van der Waals surface area contributed by atoms with Gasteiger partial charge in [-0.15, -0.1) is 0 Å². The van der Waals surface area contributed by atoms with Crippen LogP contribution in [0.25, 0.3) is 10.2 Å². The van der Waals surface area contributed by atoms with Crippen LogP contribution in [0.15, 0.2) is 36.4 Å². The lowest BCUT2D eigenvalue weighted by Crippen LogP contribution is -2.36. The van der Waals surface area contributed by atoms with Crippen LogP contribution in [-0.2, 0) is 16.0 Å². The van der Waals surface area contributed by atoms with E-state index in [1.165, 1.54) is 11.3 Å². The fourth-order valence-corrected chi connectivity index (χ4v) is 4.80. The molecule has 4 rings (SSSR count). The van der Waals surface area contributed by atoms with Crippen molar-refractivity contribution in [2.24, 2.45) is 0 Å². The normalized spacial score (nSPS) is 13.7. The number of methoxy groups -OCH3 is 1. The van der Waals surface area contributed by atoms with Crippen molar-refractivity contribution in [3.05, 3.63) is 47.5 Å². The number of carbonyl (C=O) groups is 2. The summed E-state index contributed by atoms with van der Waals surface area (Å²) < 4.78 is 11.9. The topological polar surface area (TPSA) is 113 Å². The summed E-state index contributed by atoms with van der Waals surface area (Å²) in [7, 11) is 1.61. The van der Waals surface area contributed by atoms with E-state index in [0.29, 0.717) is 48.9 Å². The Hall–Kier alpha value is -3.21. The standard InChI is InChI=1S/C23H26N4O5S/c1-31-18-10-9-17(27-11-13-32-14-12-27)21-20(18)25-23(33-21)24-19(28)4-2-3-15-5-7-16(8-6-15)22(29)26-30/h5-10,30H,2-4,11-14H2,1H3,(H,26,29)(H,24,25,28). The highest BCUT2D eigenvalue weighted by Gasteiger charge is 2.19. The molecule has 0 spiro atoms. The quantitative estimate of drug-likeness (QED) is 0.342. The third-order valence-electron chi connectivity index (χ3n) is 5.49. The maximum atomic E-state index is 12.5. The highest BCUT2D eigenvalue weighted by atomic mass is 32.1. The predicted octanol–water partition coefficient (Wildman–Crippen LogP) is 3.22. The lowest BCUT2D eigenvalue weighted by molar-refractivity contribution is -0.116. The number of hydrogen-bond donors (Lipinski definition) is 3. The molecule has 0 unspecified atom stereocenters. The van der Waals surface area contributed by atoms with Crippen molar-refractivity contribution in [3.63, 3.8) is 0 Å². The van der Waals surface area contributed by atoms with E-state index in [1.54, 1.807) is 24.7 Å². The lowest BCUT2D eigenvalue weighted by atomic mass is 10.1. The molecule has 0 atom stereocenters. The van der Waals surface area contributed by atoms with E-state index in [-0.39, 0.29) is 5.91 Å². The van der Waals surface area contributed by atoms with Crippen LogP contribution in [0.4, 0.5) is 10.8 Å². The van der Waals surface area contributed by atoms with Crippen molar-refractivity contribution in [1.29, 1.82) is 0 Å². The summed E-state index contributed by atoms with van der Waals surface area (Å²) in [5.41, 5.74) is 4.81. The average Bonchev–Trinajstić information content (AvgIpc) is 3.27. The molecule has 1 aromatic heterocycles. The van der Waals surface area contributed by atoms with Gasteiger partial charge in [-0.05, 0) is 42.7 Å². The molecule has 174 valence electrons. The number of benzene rings is 2. The number of aryl methyl sites for hydroxylation is 1. The van der Waals surface area contributed by atoms with Crippen LogP contribution >= 0.6 is 11.3 Å². The number of fused-ring (bicyclic) bond motifs is 1. The molecule has 2 heterocycles. The predicted molar refractivity (Wildman–Crippen MR) is 126 cm³/mol. The molecule has 3 N–H and O–H groups in total. The van der Waals surface area contributed by atoms with Gasteiger partial charge in [-0.25, -0.2) is 10.5 Å². The molecule has 0 saturated carbocycles. The van der Waals surface area contributed by atoms with Crippen molar-refractivity contribution in [3.8, 4) is 5.75 Å². The number of nitrogens with one attached hydrogen (secondary N) is 2. The zero-order chi connectivity index (χ0) is 23.2. The van der Waals surface area contributed by atoms with Gasteiger partial charge in [-0.3, -0.25) is 14.8 Å². The summed E-state index contributed by atoms with van der Waals surface area (Å²) in [6.07, 6.45) is 1.70. The van der Waals surface area contributed by atoms with Crippen LogP contribution < -0.4 is 20.4 Å². The zero-order valence-corrected chi connectivity index (χ0v) is 19.1. The second-order valence-corrected chi connectivity index (χ2v) is 8.62. The average molecular weight is 471 g/mol. The Balaban J connectivity index is 1.38. The first-order valence-electron chi connectivity index (χ1n) is 10.7. The van der Waals surface area contributed by atoms with Crippen LogP contribution in [0.5, 0.6) is 5.75 Å². The van der Waals surface area contributed by atoms with Gasteiger partial charge >= 0.3 is 0 Å². The Labute approximate surface area is 195 Å². The molecule has 1 aliphatic heterocycles. The Morgan fingerprint density at radius 2 is 1.94 bits per heavy atom. The number of anilines is 2. The first-order valence-corrected chi connectivity index (χ1v) is 11.5. The van der Waals surface area contributed by atoms with Gasteiger partial charge in [-0.1, -0.05) is 23.5 Å². The van der Waals surface area contributed by atoms with Gasteiger partial charge in [0.2, 0.25) is 5.91 Å². The number of amides is 2. The van der Waals surface area contributed by atoms with Gasteiger partial charge in [0.25, 0.3) is 5.91 Å². The Kier molecular flexibility index (Phi) is 7.38. The van der Waals surface area contributed by atoms with E-state index in [0.717, 1.165) is 34.6 Å². The highest BCUT2D eigenvalue weighted by Crippen LogP contribution is 2.39. The molecule has 0 aliphatic carbocycles. The number of thiazole rings is 1. The number of rotatable bonds is 8. The van der Waals surface area contributed by atoms with E-state index in [1.807, 2.05) is 24.3 Å². The second kappa shape index (κ2) is 10.6. The molecule has 9 nitrogen and oxygen atoms in total. The van der Waals surface area contributed by atoms with Crippen LogP contribution in [0.3, 0.4) is 0 Å². The monoisotopic (exact) mass is 470 g/mol. The number of morpholine rings is 1. The van der Waals surface area contributed by atoms with E-state index in [4.69, 9.17) is 14.7 Å². The molecule has 33 heavy (non-hydrogen) atoms. The molecule has 2 amide bonds. The van der Waals surface area contributed by atoms with Gasteiger partial charge in [0.15, 0.2) is 5.13 Å². The smallest absolute Gasteiger partial charge is 0.274 e. The molecule has 2 aromatic carbocycles. The van der Waals surface area contributed by atoms with Crippen LogP contribution in [0, 0.1) is 0 Å². The van der Waals surface area contributed by atoms with E-state index in [2.05, 4.69) is 15.2 Å². The molecule has 10 heteroatoms. The summed E-state index contributed by atoms with van der Waals surface area (Å²) in [5, 5.41) is 12.1. The largest absolute Gasteiger partial charge is 0.494 e. The van der Waals surface area contributed by atoms with Crippen molar-refractivity contribution in [1.82, 2.24) is 10.5 Å². The maximum Gasteiger partial charge on any atom is 0.274 e. The molecular weight excluding hydrogens is 444 g/mol. The summed E-state index contributed by atoms with van der Waals surface area (Å²) in [5.74, 6) is 0.0273. The van der Waals surface area contributed by atoms with Crippen molar-refractivity contribution in [2.75, 3.05) is 43.6 Å². The summed E-state index contributed by atoms with van der Waals surface area (Å²) in [6.45, 7) is 3.00. The van der Waals surface area contributed by atoms with E-state index in [9.17, 15) is 9.59 Å². The molecule has 1 aliphatic rings. The molecule has 3 aromatic rings. The SMILES string of the molecule is COc1ccc(N2CCOCC2)c2sc(NC(=O)CCCc3ccc(C(=O)NO)cc3)nc12. The number of ether oxygens (including phenoxy) is 2. The van der Waals surface area contributed by atoms with E-state index >= 15 is 0 Å². The highest BCUT2D eigenvalue weighted by molar-refractivity contribution is 7.23. The molecular formula is C23H26N4O5S. The fourth-order valence-electron chi connectivity index (χ4n) is 3.76. The molecule has 1 saturated heterocycles. The summed E-state index contributed by atoms with van der Waals surface area (Å²) in [6, 6.07) is 10.9. The first kappa shape index (κ1) is 23.0. The Morgan fingerprint density at radius 3 is 2.64 bits per heavy atom. The number of hydroxylamine groups is 1. The third-order valence-corrected chi connectivity index (χ3v) is 6.48. The van der Waals surface area contributed by atoms with Gasteiger partial charge in [-0.2, -0.15) is 0 Å². The summed E-state index contributed by atoms with van der Waals surface area (Å²) >= 11 is 1.45. The Morgan fingerprint density at radius 1 is 1.18 bits per heavy atom. The molecule has 1 fully saturated rings. The lowest BCUT2D eigenvalue weighted by Gasteiger charge is -2.29. The van der Waals surface area contributed by atoms with Gasteiger partial charge < -0.3 is 19.7 Å². The maximum absolute atomic E-state index is 12.5. The number of hydrogen-bond acceptors (Lipinski definition) is 8. The minimum absolute atomic E-state index is 0.0998. The van der Waals surface area contributed by atoms with E-state index < -0.39 is 5.91 Å².